The van der Waals surface area contributed by atoms with Gasteiger partial charge in [-0.25, -0.2) is 4.79 Å². The van der Waals surface area contributed by atoms with Crippen molar-refractivity contribution in [1.29, 1.82) is 0 Å². The molecule has 2 aromatic rings. The average molecular weight is 272 g/mol. The van der Waals surface area contributed by atoms with Crippen molar-refractivity contribution in [3.05, 3.63) is 42.0 Å². The van der Waals surface area contributed by atoms with Crippen LogP contribution in [0.3, 0.4) is 0 Å². The monoisotopic (exact) mass is 272 g/mol. The quantitative estimate of drug-likeness (QED) is 0.855. The molecule has 104 valence electrons. The lowest BCUT2D eigenvalue weighted by Gasteiger charge is -2.16. The molecule has 0 spiro atoms. The van der Waals surface area contributed by atoms with Gasteiger partial charge in [0.05, 0.1) is 6.54 Å². The van der Waals surface area contributed by atoms with Gasteiger partial charge in [0.15, 0.2) is 5.82 Å². The molecule has 1 aliphatic rings. The summed E-state index contributed by atoms with van der Waals surface area (Å²) >= 11 is 0. The van der Waals surface area contributed by atoms with Crippen molar-refractivity contribution in [3.63, 3.8) is 0 Å². The number of carbonyl (C=O) groups is 1. The van der Waals surface area contributed by atoms with Crippen LogP contribution in [-0.2, 0) is 19.5 Å². The number of carbonyl (C=O) groups excluding carboxylic acids is 1. The van der Waals surface area contributed by atoms with Gasteiger partial charge < -0.3 is 14.2 Å². The Labute approximate surface area is 117 Å². The largest absolute Gasteiger partial charge is 0.415 e. The summed E-state index contributed by atoms with van der Waals surface area (Å²) in [6.07, 6.45) is 1.66. The van der Waals surface area contributed by atoms with Gasteiger partial charge in [0, 0.05) is 20.0 Å². The molecule has 0 atom stereocenters. The van der Waals surface area contributed by atoms with Crippen molar-refractivity contribution in [2.45, 2.75) is 25.9 Å². The number of aryl methyl sites for hydroxylation is 1. The van der Waals surface area contributed by atoms with Crippen LogP contribution in [0.15, 0.2) is 30.3 Å². The van der Waals surface area contributed by atoms with Crippen molar-refractivity contribution < 1.29 is 9.53 Å². The molecular formula is C14H16N4O2. The first-order valence-corrected chi connectivity index (χ1v) is 6.63. The SMILES string of the molecule is CN(Cc1nnc2n1CCC2)C(=O)Oc1ccccc1. The Morgan fingerprint density at radius 3 is 2.95 bits per heavy atom. The lowest BCUT2D eigenvalue weighted by Crippen LogP contribution is -2.30. The first kappa shape index (κ1) is 12.7. The first-order chi connectivity index (χ1) is 9.74. The van der Waals surface area contributed by atoms with E-state index in [2.05, 4.69) is 14.8 Å². The molecule has 3 rings (SSSR count). The minimum Gasteiger partial charge on any atom is -0.410 e. The van der Waals surface area contributed by atoms with Gasteiger partial charge >= 0.3 is 6.09 Å². The van der Waals surface area contributed by atoms with Crippen LogP contribution < -0.4 is 4.74 Å². The van der Waals surface area contributed by atoms with Gasteiger partial charge in [-0.3, -0.25) is 0 Å². The maximum Gasteiger partial charge on any atom is 0.415 e. The summed E-state index contributed by atoms with van der Waals surface area (Å²) in [4.78, 5) is 13.5. The van der Waals surface area contributed by atoms with E-state index in [1.165, 1.54) is 4.90 Å². The normalized spacial score (nSPS) is 13.1. The molecule has 0 radical (unpaired) electrons. The zero-order valence-corrected chi connectivity index (χ0v) is 11.3. The molecule has 0 fully saturated rings. The lowest BCUT2D eigenvalue weighted by molar-refractivity contribution is 0.159. The highest BCUT2D eigenvalue weighted by atomic mass is 16.6. The summed E-state index contributed by atoms with van der Waals surface area (Å²) < 4.78 is 7.35. The Morgan fingerprint density at radius 1 is 1.35 bits per heavy atom. The van der Waals surface area contributed by atoms with Crippen molar-refractivity contribution in [3.8, 4) is 5.75 Å². The summed E-state index contributed by atoms with van der Waals surface area (Å²) in [7, 11) is 1.70. The molecule has 1 aliphatic heterocycles. The molecular weight excluding hydrogens is 256 g/mol. The summed E-state index contributed by atoms with van der Waals surface area (Å²) in [5, 5.41) is 8.26. The van der Waals surface area contributed by atoms with Gasteiger partial charge in [-0.1, -0.05) is 18.2 Å². The predicted octanol–water partition coefficient (Wildman–Crippen LogP) is 1.86. The number of amides is 1. The molecule has 6 nitrogen and oxygen atoms in total. The standard InChI is InChI=1S/C14H16N4O2/c1-17(14(19)20-11-6-3-2-4-7-11)10-13-16-15-12-8-5-9-18(12)13/h2-4,6-7H,5,8-10H2,1H3. The topological polar surface area (TPSA) is 60.2 Å². The summed E-state index contributed by atoms with van der Waals surface area (Å²) in [5.41, 5.74) is 0. The summed E-state index contributed by atoms with van der Waals surface area (Å²) in [6, 6.07) is 9.03. The third-order valence-corrected chi connectivity index (χ3v) is 3.32. The number of para-hydroxylation sites is 1. The Hall–Kier alpha value is -2.37. The van der Waals surface area contributed by atoms with E-state index >= 15 is 0 Å². The molecule has 1 aromatic carbocycles. The van der Waals surface area contributed by atoms with Crippen LogP contribution in [0.4, 0.5) is 4.79 Å². The molecule has 2 heterocycles. The smallest absolute Gasteiger partial charge is 0.410 e. The second kappa shape index (κ2) is 5.32. The molecule has 20 heavy (non-hydrogen) atoms. The van der Waals surface area contributed by atoms with E-state index in [4.69, 9.17) is 4.74 Å². The van der Waals surface area contributed by atoms with E-state index in [-0.39, 0.29) is 0 Å². The van der Waals surface area contributed by atoms with Crippen molar-refractivity contribution in [2.75, 3.05) is 7.05 Å². The molecule has 1 amide bonds. The Kier molecular flexibility index (Phi) is 3.37. The highest BCUT2D eigenvalue weighted by molar-refractivity contribution is 5.70. The number of fused-ring (bicyclic) bond motifs is 1. The molecule has 0 aliphatic carbocycles. The fraction of sp³-hybridized carbons (Fsp3) is 0.357. The van der Waals surface area contributed by atoms with Crippen LogP contribution >= 0.6 is 0 Å². The molecule has 0 saturated heterocycles. The van der Waals surface area contributed by atoms with Crippen LogP contribution in [0, 0.1) is 0 Å². The number of benzene rings is 1. The van der Waals surface area contributed by atoms with Gasteiger partial charge in [0.2, 0.25) is 0 Å². The minimum atomic E-state index is -0.397. The Morgan fingerprint density at radius 2 is 2.15 bits per heavy atom. The zero-order valence-electron chi connectivity index (χ0n) is 11.3. The lowest BCUT2D eigenvalue weighted by atomic mass is 10.3. The van der Waals surface area contributed by atoms with Crippen LogP contribution in [0.1, 0.15) is 18.1 Å². The third kappa shape index (κ3) is 2.49. The Bertz CT molecular complexity index is 609. The maximum absolute atomic E-state index is 12.0. The fourth-order valence-electron chi connectivity index (χ4n) is 2.27. The highest BCUT2D eigenvalue weighted by Crippen LogP contribution is 2.16. The molecule has 0 saturated carbocycles. The molecule has 6 heteroatoms. The summed E-state index contributed by atoms with van der Waals surface area (Å²) in [6.45, 7) is 1.33. The van der Waals surface area contributed by atoms with Crippen LogP contribution in [0.2, 0.25) is 0 Å². The number of nitrogens with zero attached hydrogens (tertiary/aromatic N) is 4. The van der Waals surface area contributed by atoms with Crippen LogP contribution in [0.25, 0.3) is 0 Å². The second-order valence-corrected chi connectivity index (χ2v) is 4.82. The van der Waals surface area contributed by atoms with Crippen molar-refractivity contribution >= 4 is 6.09 Å². The molecule has 0 bridgehead atoms. The van der Waals surface area contributed by atoms with E-state index in [1.807, 2.05) is 18.2 Å². The van der Waals surface area contributed by atoms with Gasteiger partial charge in [-0.15, -0.1) is 10.2 Å². The minimum absolute atomic E-state index is 0.397. The van der Waals surface area contributed by atoms with Gasteiger partial charge in [0.1, 0.15) is 11.6 Å². The van der Waals surface area contributed by atoms with E-state index in [0.29, 0.717) is 12.3 Å². The average Bonchev–Trinajstić information content (AvgIpc) is 3.05. The van der Waals surface area contributed by atoms with E-state index in [9.17, 15) is 4.79 Å². The number of rotatable bonds is 3. The van der Waals surface area contributed by atoms with Gasteiger partial charge in [-0.05, 0) is 18.6 Å². The second-order valence-electron chi connectivity index (χ2n) is 4.82. The van der Waals surface area contributed by atoms with Crippen molar-refractivity contribution in [1.82, 2.24) is 19.7 Å². The molecule has 0 unspecified atom stereocenters. The van der Waals surface area contributed by atoms with E-state index in [1.54, 1.807) is 19.2 Å². The molecule has 1 aromatic heterocycles. The summed E-state index contributed by atoms with van der Waals surface area (Å²) in [5.74, 6) is 2.35. The van der Waals surface area contributed by atoms with Crippen LogP contribution in [0.5, 0.6) is 5.75 Å². The van der Waals surface area contributed by atoms with E-state index < -0.39 is 6.09 Å². The van der Waals surface area contributed by atoms with Crippen molar-refractivity contribution in [2.24, 2.45) is 0 Å². The number of aromatic nitrogens is 3. The van der Waals surface area contributed by atoms with E-state index in [0.717, 1.165) is 31.0 Å². The zero-order chi connectivity index (χ0) is 13.9. The molecule has 0 N–H and O–H groups in total. The fourth-order valence-corrected chi connectivity index (χ4v) is 2.27. The highest BCUT2D eigenvalue weighted by Gasteiger charge is 2.20. The van der Waals surface area contributed by atoms with Gasteiger partial charge in [-0.2, -0.15) is 0 Å². The number of hydrogen-bond acceptors (Lipinski definition) is 4. The Balaban J connectivity index is 1.64. The number of ether oxygens (including phenoxy) is 1. The van der Waals surface area contributed by atoms with Crippen LogP contribution in [-0.4, -0.2) is 32.8 Å². The first-order valence-electron chi connectivity index (χ1n) is 6.63. The van der Waals surface area contributed by atoms with Gasteiger partial charge in [0.25, 0.3) is 0 Å². The third-order valence-electron chi connectivity index (χ3n) is 3.32. The predicted molar refractivity (Wildman–Crippen MR) is 72.3 cm³/mol. The number of hydrogen-bond donors (Lipinski definition) is 0. The maximum atomic E-state index is 12.0.